The van der Waals surface area contributed by atoms with E-state index in [0.29, 0.717) is 12.2 Å². The highest BCUT2D eigenvalue weighted by molar-refractivity contribution is 6.17. The number of unbranched alkanes of at least 4 members (excludes halogenated alkanes) is 3. The summed E-state index contributed by atoms with van der Waals surface area (Å²) in [6.07, 6.45) is 4.35. The molecule has 0 heterocycles. The summed E-state index contributed by atoms with van der Waals surface area (Å²) in [4.78, 5) is 0. The fourth-order valence-electron chi connectivity index (χ4n) is 1.60. The van der Waals surface area contributed by atoms with Gasteiger partial charge in [-0.05, 0) is 43.0 Å². The van der Waals surface area contributed by atoms with Crippen molar-refractivity contribution in [2.45, 2.75) is 32.3 Å². The second-order valence-electron chi connectivity index (χ2n) is 4.02. The van der Waals surface area contributed by atoms with Gasteiger partial charge in [-0.3, -0.25) is 0 Å². The molecule has 0 aliphatic rings. The molecule has 0 aliphatic heterocycles. The molecule has 0 aliphatic carbocycles. The first-order valence-electron chi connectivity index (χ1n) is 5.95. The molecule has 1 rings (SSSR count). The molecule has 2 nitrogen and oxygen atoms in total. The lowest BCUT2D eigenvalue weighted by molar-refractivity contribution is 0.278. The third kappa shape index (κ3) is 5.94. The quantitative estimate of drug-likeness (QED) is 0.569. The number of aliphatic hydroxyl groups is 1. The van der Waals surface area contributed by atoms with E-state index in [0.717, 1.165) is 42.9 Å². The molecule has 1 N–H and O–H groups in total. The van der Waals surface area contributed by atoms with Crippen LogP contribution >= 0.6 is 11.6 Å². The summed E-state index contributed by atoms with van der Waals surface area (Å²) in [7, 11) is 0. The first-order chi connectivity index (χ1) is 8.26. The Morgan fingerprint density at radius 1 is 1.12 bits per heavy atom. The smallest absolute Gasteiger partial charge is 0.119 e. The Hall–Kier alpha value is -0.730. The molecule has 0 saturated carbocycles. The number of hydrogen-bond donors (Lipinski definition) is 1. The van der Waals surface area contributed by atoms with Crippen molar-refractivity contribution in [2.75, 3.05) is 12.5 Å². The lowest BCUT2D eigenvalue weighted by Crippen LogP contribution is -1.98. The summed E-state index contributed by atoms with van der Waals surface area (Å²) in [5, 5.41) is 9.03. The topological polar surface area (TPSA) is 29.5 Å². The number of alkyl halides is 1. The van der Waals surface area contributed by atoms with Crippen LogP contribution in [0.3, 0.4) is 0 Å². The van der Waals surface area contributed by atoms with Crippen LogP contribution in [0.2, 0.25) is 0 Å². The Bertz CT molecular complexity index is 326. The van der Waals surface area contributed by atoms with Crippen molar-refractivity contribution in [1.82, 2.24) is 0 Å². The number of halogens is 1. The fraction of sp³-hybridized carbons (Fsp3) is 0.500. The van der Waals surface area contributed by atoms with E-state index < -0.39 is 0 Å². The zero-order chi connectivity index (χ0) is 12.5. The standard InChI is InChI=1S/C14H19ClO2/c1-12-8-13(11-16)10-14(9-12)17-7-5-3-2-4-6-15/h1,8-10,16H,2-7,11H2. The summed E-state index contributed by atoms with van der Waals surface area (Å²) in [5.74, 6) is 1.46. The Labute approximate surface area is 109 Å². The van der Waals surface area contributed by atoms with Crippen molar-refractivity contribution in [3.8, 4) is 5.75 Å². The van der Waals surface area contributed by atoms with Crippen LogP contribution in [0, 0.1) is 6.92 Å². The van der Waals surface area contributed by atoms with Crippen molar-refractivity contribution in [2.24, 2.45) is 0 Å². The van der Waals surface area contributed by atoms with Gasteiger partial charge in [-0.1, -0.05) is 18.9 Å². The van der Waals surface area contributed by atoms with Gasteiger partial charge < -0.3 is 9.84 Å². The second-order valence-corrected chi connectivity index (χ2v) is 4.40. The van der Waals surface area contributed by atoms with Crippen LogP contribution in [0.25, 0.3) is 0 Å². The second kappa shape index (κ2) is 8.37. The maximum Gasteiger partial charge on any atom is 0.119 e. The summed E-state index contributed by atoms with van der Waals surface area (Å²) < 4.78 is 5.59. The van der Waals surface area contributed by atoms with Gasteiger partial charge in [0.15, 0.2) is 0 Å². The van der Waals surface area contributed by atoms with Crippen LogP contribution in [-0.2, 0) is 6.61 Å². The Balaban J connectivity index is 2.28. The van der Waals surface area contributed by atoms with Crippen LogP contribution in [-0.4, -0.2) is 17.6 Å². The maximum absolute atomic E-state index is 9.03. The van der Waals surface area contributed by atoms with Gasteiger partial charge in [-0.15, -0.1) is 11.6 Å². The molecule has 94 valence electrons. The number of rotatable bonds is 8. The van der Waals surface area contributed by atoms with Crippen LogP contribution in [0.5, 0.6) is 5.75 Å². The molecule has 1 aromatic rings. The maximum atomic E-state index is 9.03. The number of ether oxygens (including phenoxy) is 1. The molecular weight excluding hydrogens is 236 g/mol. The lowest BCUT2D eigenvalue weighted by atomic mass is 10.1. The van der Waals surface area contributed by atoms with E-state index in [9.17, 15) is 0 Å². The van der Waals surface area contributed by atoms with Crippen LogP contribution in [0.1, 0.15) is 36.8 Å². The van der Waals surface area contributed by atoms with Gasteiger partial charge in [0.25, 0.3) is 0 Å². The van der Waals surface area contributed by atoms with Crippen molar-refractivity contribution in [3.63, 3.8) is 0 Å². The third-order valence-corrected chi connectivity index (χ3v) is 2.74. The summed E-state index contributed by atoms with van der Waals surface area (Å²) >= 11 is 5.59. The van der Waals surface area contributed by atoms with E-state index in [1.165, 1.54) is 0 Å². The number of aliphatic hydroxyl groups excluding tert-OH is 1. The third-order valence-electron chi connectivity index (χ3n) is 2.47. The molecule has 0 bridgehead atoms. The molecule has 3 heteroatoms. The first kappa shape index (κ1) is 14.3. The molecule has 0 atom stereocenters. The zero-order valence-electron chi connectivity index (χ0n) is 9.99. The van der Waals surface area contributed by atoms with Crippen molar-refractivity contribution in [1.29, 1.82) is 0 Å². The average Bonchev–Trinajstić information content (AvgIpc) is 2.33. The Kier molecular flexibility index (Phi) is 7.06. The molecule has 0 unspecified atom stereocenters. The van der Waals surface area contributed by atoms with Gasteiger partial charge >= 0.3 is 0 Å². The lowest BCUT2D eigenvalue weighted by Gasteiger charge is -2.08. The van der Waals surface area contributed by atoms with Gasteiger partial charge in [0.2, 0.25) is 0 Å². The van der Waals surface area contributed by atoms with Gasteiger partial charge in [-0.25, -0.2) is 0 Å². The van der Waals surface area contributed by atoms with Gasteiger partial charge in [0.1, 0.15) is 5.75 Å². The number of benzene rings is 1. The first-order valence-corrected chi connectivity index (χ1v) is 6.49. The molecule has 2 radical (unpaired) electrons. The van der Waals surface area contributed by atoms with Crippen molar-refractivity contribution >= 4 is 11.6 Å². The minimum atomic E-state index is -0.0167. The predicted molar refractivity (Wildman–Crippen MR) is 70.4 cm³/mol. The molecule has 0 saturated heterocycles. The fourth-order valence-corrected chi connectivity index (χ4v) is 1.79. The van der Waals surface area contributed by atoms with Crippen LogP contribution < -0.4 is 4.74 Å². The van der Waals surface area contributed by atoms with E-state index in [1.807, 2.05) is 6.07 Å². The number of hydrogen-bond acceptors (Lipinski definition) is 2. The predicted octanol–water partition coefficient (Wildman–Crippen LogP) is 3.42. The van der Waals surface area contributed by atoms with Gasteiger partial charge in [-0.2, -0.15) is 0 Å². The molecule has 0 spiro atoms. The Morgan fingerprint density at radius 3 is 2.59 bits per heavy atom. The molecule has 17 heavy (non-hydrogen) atoms. The van der Waals surface area contributed by atoms with E-state index in [2.05, 4.69) is 0 Å². The summed E-state index contributed by atoms with van der Waals surface area (Å²) in [6, 6.07) is 5.33. The highest BCUT2D eigenvalue weighted by Crippen LogP contribution is 2.17. The molecule has 1 aromatic carbocycles. The van der Waals surface area contributed by atoms with E-state index >= 15 is 0 Å². The van der Waals surface area contributed by atoms with Gasteiger partial charge in [0, 0.05) is 5.88 Å². The molecule has 0 aromatic heterocycles. The van der Waals surface area contributed by atoms with E-state index in [-0.39, 0.29) is 6.61 Å². The van der Waals surface area contributed by atoms with Crippen molar-refractivity contribution in [3.05, 3.63) is 36.2 Å². The zero-order valence-corrected chi connectivity index (χ0v) is 10.7. The molecule has 0 amide bonds. The van der Waals surface area contributed by atoms with Gasteiger partial charge in [0.05, 0.1) is 13.2 Å². The highest BCUT2D eigenvalue weighted by atomic mass is 35.5. The molecular formula is C14H19ClO2. The largest absolute Gasteiger partial charge is 0.494 e. The summed E-state index contributed by atoms with van der Waals surface area (Å²) in [5.41, 5.74) is 1.40. The normalized spacial score (nSPS) is 10.5. The van der Waals surface area contributed by atoms with Crippen LogP contribution in [0.15, 0.2) is 18.2 Å². The summed E-state index contributed by atoms with van der Waals surface area (Å²) in [6.45, 7) is 6.36. The average molecular weight is 255 g/mol. The van der Waals surface area contributed by atoms with Crippen molar-refractivity contribution < 1.29 is 9.84 Å². The van der Waals surface area contributed by atoms with E-state index in [1.54, 1.807) is 12.1 Å². The minimum absolute atomic E-state index is 0.0167. The Morgan fingerprint density at radius 2 is 1.88 bits per heavy atom. The minimum Gasteiger partial charge on any atom is -0.494 e. The van der Waals surface area contributed by atoms with Crippen LogP contribution in [0.4, 0.5) is 0 Å². The highest BCUT2D eigenvalue weighted by Gasteiger charge is 1.99. The monoisotopic (exact) mass is 254 g/mol. The van der Waals surface area contributed by atoms with E-state index in [4.69, 9.17) is 28.4 Å². The SMILES string of the molecule is [CH]c1cc(CO)cc(OCCCCCCCl)c1. The molecule has 0 fully saturated rings.